The summed E-state index contributed by atoms with van der Waals surface area (Å²) in [7, 11) is 0. The lowest BCUT2D eigenvalue weighted by Crippen LogP contribution is -2.41. The van der Waals surface area contributed by atoms with Crippen LogP contribution in [0.15, 0.2) is 91.0 Å². The molecule has 3 aromatic carbocycles. The van der Waals surface area contributed by atoms with Crippen LogP contribution in [0, 0.1) is 5.92 Å². The average Bonchev–Trinajstić information content (AvgIpc) is 2.82. The number of carbonyl (C=O) groups excluding carboxylic acids is 3. The Labute approximate surface area is 187 Å². The molecule has 0 aromatic heterocycles. The number of hydrogen-bond acceptors (Lipinski definition) is 4. The van der Waals surface area contributed by atoms with Gasteiger partial charge >= 0.3 is 5.97 Å². The lowest BCUT2D eigenvalue weighted by molar-refractivity contribution is -0.158. The summed E-state index contributed by atoms with van der Waals surface area (Å²) < 4.78 is 5.63. The van der Waals surface area contributed by atoms with Crippen molar-refractivity contribution in [3.05, 3.63) is 102 Å². The largest absolute Gasteiger partial charge is 0.450 e. The van der Waals surface area contributed by atoms with Crippen molar-refractivity contribution in [2.24, 2.45) is 5.92 Å². The molecule has 0 spiro atoms. The lowest BCUT2D eigenvalue weighted by atomic mass is 10.0. The standard InChI is InChI=1S/C26H26N2O4/c1-18(2)23(25(30)27-21-16-10-5-11-17-21)32-26(31)22(19-12-6-3-7-13-19)28-24(29)20-14-8-4-9-15-20/h3-18,22-23H,1-2H3,(H,27,30)(H,28,29)/t22-,23+/m1/s1. The molecule has 2 amide bonds. The van der Waals surface area contributed by atoms with Crippen LogP contribution >= 0.6 is 0 Å². The fraction of sp³-hybridized carbons (Fsp3) is 0.192. The fourth-order valence-corrected chi connectivity index (χ4v) is 3.15. The van der Waals surface area contributed by atoms with Crippen LogP contribution in [0.5, 0.6) is 0 Å². The first-order chi connectivity index (χ1) is 15.5. The van der Waals surface area contributed by atoms with Gasteiger partial charge < -0.3 is 15.4 Å². The summed E-state index contributed by atoms with van der Waals surface area (Å²) in [4.78, 5) is 38.7. The minimum atomic E-state index is -1.06. The maximum Gasteiger partial charge on any atom is 0.334 e. The summed E-state index contributed by atoms with van der Waals surface area (Å²) in [5, 5.41) is 5.51. The van der Waals surface area contributed by atoms with Crippen LogP contribution < -0.4 is 10.6 Å². The molecule has 0 aliphatic carbocycles. The summed E-state index contributed by atoms with van der Waals surface area (Å²) >= 11 is 0. The third-order valence-corrected chi connectivity index (χ3v) is 4.83. The number of rotatable bonds is 8. The van der Waals surface area contributed by atoms with Gasteiger partial charge in [-0.15, -0.1) is 0 Å². The second-order valence-corrected chi connectivity index (χ2v) is 7.64. The van der Waals surface area contributed by atoms with Crippen LogP contribution in [-0.2, 0) is 14.3 Å². The molecular formula is C26H26N2O4. The van der Waals surface area contributed by atoms with Gasteiger partial charge in [-0.3, -0.25) is 9.59 Å². The summed E-state index contributed by atoms with van der Waals surface area (Å²) in [5.41, 5.74) is 1.59. The first-order valence-electron chi connectivity index (χ1n) is 10.4. The fourth-order valence-electron chi connectivity index (χ4n) is 3.15. The summed E-state index contributed by atoms with van der Waals surface area (Å²) in [6.45, 7) is 3.59. The molecule has 0 aliphatic heterocycles. The Morgan fingerprint density at radius 2 is 1.28 bits per heavy atom. The third kappa shape index (κ3) is 6.04. The van der Waals surface area contributed by atoms with Gasteiger partial charge in [0.1, 0.15) is 0 Å². The van der Waals surface area contributed by atoms with E-state index in [1.807, 2.05) is 12.1 Å². The molecular weight excluding hydrogens is 404 g/mol. The van der Waals surface area contributed by atoms with Gasteiger partial charge in [-0.05, 0) is 35.7 Å². The number of amides is 2. The van der Waals surface area contributed by atoms with Crippen LogP contribution in [0.1, 0.15) is 35.8 Å². The highest BCUT2D eigenvalue weighted by Crippen LogP contribution is 2.19. The molecule has 32 heavy (non-hydrogen) atoms. The molecule has 164 valence electrons. The van der Waals surface area contributed by atoms with Gasteiger partial charge in [0.25, 0.3) is 11.8 Å². The van der Waals surface area contributed by atoms with Crippen LogP contribution in [0.2, 0.25) is 0 Å². The average molecular weight is 431 g/mol. The third-order valence-electron chi connectivity index (χ3n) is 4.83. The van der Waals surface area contributed by atoms with E-state index in [0.717, 1.165) is 0 Å². The normalized spacial score (nSPS) is 12.5. The number of benzene rings is 3. The highest BCUT2D eigenvalue weighted by molar-refractivity contribution is 5.98. The Morgan fingerprint density at radius 3 is 1.84 bits per heavy atom. The first-order valence-corrected chi connectivity index (χ1v) is 10.4. The lowest BCUT2D eigenvalue weighted by Gasteiger charge is -2.24. The van der Waals surface area contributed by atoms with Gasteiger partial charge in [0.15, 0.2) is 12.1 Å². The van der Waals surface area contributed by atoms with Crippen LogP contribution in [0.3, 0.4) is 0 Å². The number of carbonyl (C=O) groups is 3. The molecule has 0 fully saturated rings. The van der Waals surface area contributed by atoms with Crippen molar-refractivity contribution in [2.75, 3.05) is 5.32 Å². The number of esters is 1. The summed E-state index contributed by atoms with van der Waals surface area (Å²) in [6.07, 6.45) is -1.03. The van der Waals surface area contributed by atoms with Crippen molar-refractivity contribution < 1.29 is 19.1 Å². The van der Waals surface area contributed by atoms with Gasteiger partial charge in [-0.25, -0.2) is 4.79 Å². The Bertz CT molecular complexity index is 1040. The van der Waals surface area contributed by atoms with Crippen molar-refractivity contribution in [3.8, 4) is 0 Å². The van der Waals surface area contributed by atoms with Crippen LogP contribution in [0.4, 0.5) is 5.69 Å². The van der Waals surface area contributed by atoms with Crippen molar-refractivity contribution in [1.82, 2.24) is 5.32 Å². The second-order valence-electron chi connectivity index (χ2n) is 7.64. The quantitative estimate of drug-likeness (QED) is 0.520. The molecule has 2 atom stereocenters. The number of ether oxygens (including phenoxy) is 1. The zero-order valence-corrected chi connectivity index (χ0v) is 18.0. The van der Waals surface area contributed by atoms with E-state index in [1.165, 1.54) is 0 Å². The predicted molar refractivity (Wildman–Crippen MR) is 123 cm³/mol. The van der Waals surface area contributed by atoms with E-state index in [0.29, 0.717) is 16.8 Å². The van der Waals surface area contributed by atoms with E-state index in [9.17, 15) is 14.4 Å². The van der Waals surface area contributed by atoms with E-state index in [2.05, 4.69) is 10.6 Å². The Balaban J connectivity index is 1.79. The Kier molecular flexibility index (Phi) is 7.75. The monoisotopic (exact) mass is 430 g/mol. The Hall–Kier alpha value is -3.93. The molecule has 0 bridgehead atoms. The van der Waals surface area contributed by atoms with E-state index in [4.69, 9.17) is 4.74 Å². The molecule has 3 rings (SSSR count). The molecule has 0 aliphatic rings. The molecule has 3 aromatic rings. The number of hydrogen-bond donors (Lipinski definition) is 2. The molecule has 2 N–H and O–H groups in total. The SMILES string of the molecule is CC(C)[C@H](OC(=O)[C@H](NC(=O)c1ccccc1)c1ccccc1)C(=O)Nc1ccccc1. The summed E-state index contributed by atoms with van der Waals surface area (Å²) in [6, 6.07) is 25.3. The maximum atomic E-state index is 13.2. The highest BCUT2D eigenvalue weighted by atomic mass is 16.5. The van der Waals surface area contributed by atoms with Gasteiger partial charge in [-0.2, -0.15) is 0 Å². The van der Waals surface area contributed by atoms with E-state index in [-0.39, 0.29) is 5.92 Å². The van der Waals surface area contributed by atoms with Crippen molar-refractivity contribution in [3.63, 3.8) is 0 Å². The van der Waals surface area contributed by atoms with Crippen molar-refractivity contribution in [1.29, 1.82) is 0 Å². The molecule has 0 saturated carbocycles. The molecule has 0 radical (unpaired) electrons. The minimum absolute atomic E-state index is 0.274. The van der Waals surface area contributed by atoms with Gasteiger partial charge in [0.05, 0.1) is 0 Å². The smallest absolute Gasteiger partial charge is 0.334 e. The number of nitrogens with one attached hydrogen (secondary N) is 2. The highest BCUT2D eigenvalue weighted by Gasteiger charge is 2.32. The number of anilines is 1. The second kappa shape index (κ2) is 10.9. The predicted octanol–water partition coefficient (Wildman–Crippen LogP) is 4.36. The van der Waals surface area contributed by atoms with E-state index >= 15 is 0 Å². The van der Waals surface area contributed by atoms with Gasteiger partial charge in [0, 0.05) is 11.3 Å². The zero-order chi connectivity index (χ0) is 22.9. The molecule has 0 unspecified atom stereocenters. The van der Waals surface area contributed by atoms with Crippen LogP contribution in [0.25, 0.3) is 0 Å². The van der Waals surface area contributed by atoms with E-state index in [1.54, 1.807) is 92.7 Å². The molecule has 0 heterocycles. The maximum absolute atomic E-state index is 13.2. The Morgan fingerprint density at radius 1 is 0.750 bits per heavy atom. The number of para-hydroxylation sites is 1. The topological polar surface area (TPSA) is 84.5 Å². The molecule has 6 nitrogen and oxygen atoms in total. The molecule has 0 saturated heterocycles. The van der Waals surface area contributed by atoms with Gasteiger partial charge in [0.2, 0.25) is 0 Å². The van der Waals surface area contributed by atoms with Crippen molar-refractivity contribution in [2.45, 2.75) is 26.0 Å². The van der Waals surface area contributed by atoms with Crippen molar-refractivity contribution >= 4 is 23.5 Å². The van der Waals surface area contributed by atoms with E-state index < -0.39 is 29.9 Å². The minimum Gasteiger partial charge on any atom is -0.450 e. The van der Waals surface area contributed by atoms with Gasteiger partial charge in [-0.1, -0.05) is 80.6 Å². The molecule has 6 heteroatoms. The zero-order valence-electron chi connectivity index (χ0n) is 18.0. The van der Waals surface area contributed by atoms with Crippen LogP contribution in [-0.4, -0.2) is 23.9 Å². The first kappa shape index (κ1) is 22.7. The summed E-state index contributed by atoms with van der Waals surface area (Å²) in [5.74, 6) is -1.82.